The first-order valence-corrected chi connectivity index (χ1v) is 9.76. The van der Waals surface area contributed by atoms with Crippen molar-refractivity contribution in [2.75, 3.05) is 12.4 Å². The molecule has 1 N–H and O–H groups in total. The van der Waals surface area contributed by atoms with E-state index in [0.717, 1.165) is 33.7 Å². The standard InChI is InChI=1S/C19H16BrF2N3S/c1-25-9-11-5-6-12(20)7-13(11)18-17(10-25)24-19(26-18)23-8-14-15(21)3-2-4-16(14)22/h2-7H,8-10H2,1H3,(H,23,24). The Morgan fingerprint density at radius 2 is 1.96 bits per heavy atom. The van der Waals surface area contributed by atoms with Crippen molar-refractivity contribution in [3.05, 3.63) is 69.3 Å². The lowest BCUT2D eigenvalue weighted by Crippen LogP contribution is -2.16. The topological polar surface area (TPSA) is 28.2 Å². The van der Waals surface area contributed by atoms with Crippen molar-refractivity contribution < 1.29 is 8.78 Å². The Kier molecular flexibility index (Phi) is 4.77. The number of fused-ring (bicyclic) bond motifs is 3. The zero-order chi connectivity index (χ0) is 18.3. The van der Waals surface area contributed by atoms with Gasteiger partial charge in [0.1, 0.15) is 11.6 Å². The summed E-state index contributed by atoms with van der Waals surface area (Å²) in [5.41, 5.74) is 3.40. The summed E-state index contributed by atoms with van der Waals surface area (Å²) in [6, 6.07) is 10.2. The number of halogens is 3. The number of anilines is 1. The Labute approximate surface area is 162 Å². The maximum Gasteiger partial charge on any atom is 0.183 e. The van der Waals surface area contributed by atoms with E-state index in [0.29, 0.717) is 5.13 Å². The highest BCUT2D eigenvalue weighted by molar-refractivity contribution is 9.10. The molecule has 0 unspecified atom stereocenters. The van der Waals surface area contributed by atoms with Crippen LogP contribution in [0.15, 0.2) is 40.9 Å². The minimum atomic E-state index is -0.551. The van der Waals surface area contributed by atoms with Gasteiger partial charge in [-0.15, -0.1) is 0 Å². The lowest BCUT2D eigenvalue weighted by molar-refractivity contribution is 0.319. The second-order valence-corrected chi connectivity index (χ2v) is 8.24. The highest BCUT2D eigenvalue weighted by Crippen LogP contribution is 2.39. The van der Waals surface area contributed by atoms with Crippen LogP contribution in [0, 0.1) is 11.6 Å². The molecule has 0 fully saturated rings. The molecule has 3 aromatic rings. The van der Waals surface area contributed by atoms with Crippen molar-refractivity contribution in [2.45, 2.75) is 19.6 Å². The molecule has 4 rings (SSSR count). The first-order valence-electron chi connectivity index (χ1n) is 8.15. The van der Waals surface area contributed by atoms with E-state index in [1.165, 1.54) is 35.1 Å². The van der Waals surface area contributed by atoms with Gasteiger partial charge in [0, 0.05) is 29.7 Å². The predicted octanol–water partition coefficient (Wildman–Crippen LogP) is 5.41. The highest BCUT2D eigenvalue weighted by Gasteiger charge is 2.22. The molecule has 0 saturated carbocycles. The Balaban J connectivity index is 1.66. The van der Waals surface area contributed by atoms with Crippen LogP contribution in [-0.4, -0.2) is 16.9 Å². The van der Waals surface area contributed by atoms with Crippen LogP contribution in [0.3, 0.4) is 0 Å². The van der Waals surface area contributed by atoms with E-state index in [9.17, 15) is 8.78 Å². The van der Waals surface area contributed by atoms with E-state index in [-0.39, 0.29) is 12.1 Å². The largest absolute Gasteiger partial charge is 0.357 e. The second-order valence-electron chi connectivity index (χ2n) is 6.32. The minimum absolute atomic E-state index is 0.0261. The lowest BCUT2D eigenvalue weighted by atomic mass is 10.1. The number of nitrogens with one attached hydrogen (secondary N) is 1. The average molecular weight is 436 g/mol. The van der Waals surface area contributed by atoms with E-state index in [4.69, 9.17) is 0 Å². The summed E-state index contributed by atoms with van der Waals surface area (Å²) in [5, 5.41) is 3.74. The maximum atomic E-state index is 13.8. The Bertz CT molecular complexity index is 953. The average Bonchev–Trinajstić information content (AvgIpc) is 2.93. The SMILES string of the molecule is CN1Cc2ccc(Br)cc2-c2sc(NCc3c(F)cccc3F)nc2C1. The molecule has 0 bridgehead atoms. The minimum Gasteiger partial charge on any atom is -0.357 e. The molecule has 1 aromatic heterocycles. The van der Waals surface area contributed by atoms with Crippen molar-refractivity contribution in [2.24, 2.45) is 0 Å². The van der Waals surface area contributed by atoms with Gasteiger partial charge in [-0.1, -0.05) is 39.4 Å². The monoisotopic (exact) mass is 435 g/mol. The Morgan fingerprint density at radius 1 is 1.19 bits per heavy atom. The lowest BCUT2D eigenvalue weighted by Gasteiger charge is -2.13. The zero-order valence-electron chi connectivity index (χ0n) is 14.0. The third-order valence-corrected chi connectivity index (χ3v) is 5.93. The molecule has 7 heteroatoms. The van der Waals surface area contributed by atoms with Crippen LogP contribution in [-0.2, 0) is 19.6 Å². The van der Waals surface area contributed by atoms with Crippen molar-refractivity contribution in [3.63, 3.8) is 0 Å². The number of benzene rings is 2. The van der Waals surface area contributed by atoms with Gasteiger partial charge in [-0.2, -0.15) is 0 Å². The molecule has 0 spiro atoms. The molecule has 0 aliphatic carbocycles. The van der Waals surface area contributed by atoms with Gasteiger partial charge in [0.15, 0.2) is 5.13 Å². The maximum absolute atomic E-state index is 13.8. The summed E-state index contributed by atoms with van der Waals surface area (Å²) < 4.78 is 28.7. The fraction of sp³-hybridized carbons (Fsp3) is 0.211. The molecule has 0 saturated heterocycles. The molecule has 2 aromatic carbocycles. The van der Waals surface area contributed by atoms with Crippen LogP contribution in [0.5, 0.6) is 0 Å². The molecule has 0 radical (unpaired) electrons. The third-order valence-electron chi connectivity index (χ3n) is 4.35. The van der Waals surface area contributed by atoms with Crippen LogP contribution >= 0.6 is 27.3 Å². The summed E-state index contributed by atoms with van der Waals surface area (Å²) in [6.07, 6.45) is 0. The van der Waals surface area contributed by atoms with E-state index >= 15 is 0 Å². The van der Waals surface area contributed by atoms with Gasteiger partial charge in [0.2, 0.25) is 0 Å². The quantitative estimate of drug-likeness (QED) is 0.595. The number of nitrogens with zero attached hydrogens (tertiary/aromatic N) is 2. The first-order chi connectivity index (χ1) is 12.5. The molecule has 0 atom stereocenters. The van der Waals surface area contributed by atoms with Gasteiger partial charge in [0.05, 0.1) is 10.6 Å². The van der Waals surface area contributed by atoms with E-state index in [1.807, 2.05) is 6.07 Å². The van der Waals surface area contributed by atoms with Crippen LogP contribution in [0.1, 0.15) is 16.8 Å². The van der Waals surface area contributed by atoms with Crippen LogP contribution in [0.25, 0.3) is 10.4 Å². The number of aromatic nitrogens is 1. The molecule has 134 valence electrons. The summed E-state index contributed by atoms with van der Waals surface area (Å²) in [4.78, 5) is 7.98. The number of thiazole rings is 1. The molecular weight excluding hydrogens is 420 g/mol. The van der Waals surface area contributed by atoms with E-state index in [2.05, 4.69) is 50.3 Å². The van der Waals surface area contributed by atoms with Crippen molar-refractivity contribution in [3.8, 4) is 10.4 Å². The normalized spacial score (nSPS) is 13.8. The molecule has 26 heavy (non-hydrogen) atoms. The van der Waals surface area contributed by atoms with Gasteiger partial charge in [-0.25, -0.2) is 13.8 Å². The van der Waals surface area contributed by atoms with E-state index < -0.39 is 11.6 Å². The van der Waals surface area contributed by atoms with Crippen LogP contribution in [0.2, 0.25) is 0 Å². The summed E-state index contributed by atoms with van der Waals surface area (Å²) in [6.45, 7) is 1.65. The highest BCUT2D eigenvalue weighted by atomic mass is 79.9. The molecule has 2 heterocycles. The number of hydrogen-bond acceptors (Lipinski definition) is 4. The number of rotatable bonds is 3. The zero-order valence-corrected chi connectivity index (χ0v) is 16.4. The fourth-order valence-electron chi connectivity index (χ4n) is 3.11. The summed E-state index contributed by atoms with van der Waals surface area (Å²) >= 11 is 5.06. The molecule has 3 nitrogen and oxygen atoms in total. The number of hydrogen-bond donors (Lipinski definition) is 1. The van der Waals surface area contributed by atoms with Crippen molar-refractivity contribution >= 4 is 32.4 Å². The summed E-state index contributed by atoms with van der Waals surface area (Å²) in [5.74, 6) is -1.10. The van der Waals surface area contributed by atoms with Crippen LogP contribution in [0.4, 0.5) is 13.9 Å². The Morgan fingerprint density at radius 3 is 2.73 bits per heavy atom. The molecule has 1 aliphatic heterocycles. The smallest absolute Gasteiger partial charge is 0.183 e. The summed E-state index contributed by atoms with van der Waals surface area (Å²) in [7, 11) is 2.06. The van der Waals surface area contributed by atoms with Gasteiger partial charge >= 0.3 is 0 Å². The van der Waals surface area contributed by atoms with Gasteiger partial charge in [-0.3, -0.25) is 4.90 Å². The van der Waals surface area contributed by atoms with Gasteiger partial charge in [-0.05, 0) is 42.4 Å². The van der Waals surface area contributed by atoms with E-state index in [1.54, 1.807) is 0 Å². The molecule has 1 aliphatic rings. The van der Waals surface area contributed by atoms with Gasteiger partial charge < -0.3 is 5.32 Å². The van der Waals surface area contributed by atoms with Crippen LogP contribution < -0.4 is 5.32 Å². The fourth-order valence-corrected chi connectivity index (χ4v) is 4.49. The second kappa shape index (κ2) is 7.06. The Hall–Kier alpha value is -1.83. The first kappa shape index (κ1) is 17.6. The van der Waals surface area contributed by atoms with Crippen molar-refractivity contribution in [1.29, 1.82) is 0 Å². The predicted molar refractivity (Wildman–Crippen MR) is 104 cm³/mol. The third kappa shape index (κ3) is 3.39. The molecular formula is C19H16BrF2N3S. The van der Waals surface area contributed by atoms with Gasteiger partial charge in [0.25, 0.3) is 0 Å². The van der Waals surface area contributed by atoms with Crippen molar-refractivity contribution in [1.82, 2.24) is 9.88 Å². The molecule has 0 amide bonds.